The number of amides is 1. The van der Waals surface area contributed by atoms with Crippen LogP contribution in [0, 0.1) is 13.8 Å². The largest absolute Gasteiger partial charge is 0.485 e. The highest BCUT2D eigenvalue weighted by atomic mass is 32.1. The molecule has 1 amide bonds. The minimum atomic E-state index is -4.38. The van der Waals surface area contributed by atoms with Crippen molar-refractivity contribution in [2.75, 3.05) is 6.54 Å². The highest BCUT2D eigenvalue weighted by molar-refractivity contribution is 7.14. The lowest BCUT2D eigenvalue weighted by Gasteiger charge is -2.19. The molecule has 0 bridgehead atoms. The molecule has 0 radical (unpaired) electrons. The summed E-state index contributed by atoms with van der Waals surface area (Å²) in [5.74, 6) is -0.681. The fourth-order valence-electron chi connectivity index (χ4n) is 3.80. The van der Waals surface area contributed by atoms with Gasteiger partial charge in [0.2, 0.25) is 0 Å². The molecule has 0 saturated carbocycles. The van der Waals surface area contributed by atoms with Crippen molar-refractivity contribution >= 4 is 23.2 Å². The van der Waals surface area contributed by atoms with Crippen LogP contribution in [0.15, 0.2) is 48.5 Å². The van der Waals surface area contributed by atoms with E-state index in [9.17, 15) is 22.8 Å². The summed E-state index contributed by atoms with van der Waals surface area (Å²) in [5, 5.41) is 11.3. The number of hydrogen-bond donors (Lipinski definition) is 2. The van der Waals surface area contributed by atoms with E-state index < -0.39 is 17.7 Å². The number of ether oxygens (including phenoxy) is 1. The number of carbonyl (C=O) groups is 2. The standard InChI is InChI=1S/C26H26F3NO4S/c1-4-20(21-9-10-22(35-21)25(33)30-12-11-23(31)32)34-19-13-15(2)24(16(3)14-19)17-5-7-18(8-6-17)26(27,28)29/h5-10,13-14,20H,4,11-12H2,1-3H3,(H,30,33)(H,31,32)/t20-/m0/s1. The van der Waals surface area contributed by atoms with Crippen molar-refractivity contribution in [3.8, 4) is 16.9 Å². The zero-order chi connectivity index (χ0) is 25.8. The van der Waals surface area contributed by atoms with E-state index in [-0.39, 0.29) is 25.0 Å². The summed E-state index contributed by atoms with van der Waals surface area (Å²) in [6.45, 7) is 5.79. The third-order valence-corrected chi connectivity index (χ3v) is 6.62. The molecule has 0 fully saturated rings. The summed E-state index contributed by atoms with van der Waals surface area (Å²) in [7, 11) is 0. The summed E-state index contributed by atoms with van der Waals surface area (Å²) in [6.07, 6.45) is -4.17. The maximum absolute atomic E-state index is 12.9. The van der Waals surface area contributed by atoms with Crippen molar-refractivity contribution < 1.29 is 32.6 Å². The topological polar surface area (TPSA) is 75.6 Å². The maximum atomic E-state index is 12.9. The van der Waals surface area contributed by atoms with Crippen LogP contribution in [-0.4, -0.2) is 23.5 Å². The summed E-state index contributed by atoms with van der Waals surface area (Å²) >= 11 is 1.29. The first-order chi connectivity index (χ1) is 16.5. The van der Waals surface area contributed by atoms with Crippen molar-refractivity contribution in [1.29, 1.82) is 0 Å². The quantitative estimate of drug-likeness (QED) is 0.336. The van der Waals surface area contributed by atoms with Gasteiger partial charge in [-0.1, -0.05) is 19.1 Å². The van der Waals surface area contributed by atoms with Gasteiger partial charge in [-0.2, -0.15) is 13.2 Å². The molecule has 1 aromatic heterocycles. The van der Waals surface area contributed by atoms with Gasteiger partial charge in [0.25, 0.3) is 5.91 Å². The van der Waals surface area contributed by atoms with E-state index in [1.807, 2.05) is 39.0 Å². The zero-order valence-corrected chi connectivity index (χ0v) is 20.3. The van der Waals surface area contributed by atoms with Gasteiger partial charge in [0.05, 0.1) is 16.9 Å². The summed E-state index contributed by atoms with van der Waals surface area (Å²) < 4.78 is 44.9. The number of rotatable bonds is 9. The van der Waals surface area contributed by atoms with Gasteiger partial charge in [0.15, 0.2) is 0 Å². The van der Waals surface area contributed by atoms with E-state index in [1.54, 1.807) is 6.07 Å². The molecule has 1 atom stereocenters. The normalized spacial score (nSPS) is 12.3. The van der Waals surface area contributed by atoms with E-state index in [0.717, 1.165) is 33.7 Å². The highest BCUT2D eigenvalue weighted by Crippen LogP contribution is 2.36. The van der Waals surface area contributed by atoms with Crippen LogP contribution >= 0.6 is 11.3 Å². The van der Waals surface area contributed by atoms with Crippen LogP contribution in [-0.2, 0) is 11.0 Å². The third-order valence-electron chi connectivity index (χ3n) is 5.45. The Morgan fingerprint density at radius 3 is 2.23 bits per heavy atom. The molecule has 9 heteroatoms. The van der Waals surface area contributed by atoms with Crippen molar-refractivity contribution in [2.45, 2.75) is 45.9 Å². The molecule has 1 heterocycles. The van der Waals surface area contributed by atoms with Crippen LogP contribution in [0.2, 0.25) is 0 Å². The molecular weight excluding hydrogens is 479 g/mol. The fraction of sp³-hybridized carbons (Fsp3) is 0.308. The molecule has 0 aliphatic carbocycles. The Kier molecular flexibility index (Phi) is 8.22. The van der Waals surface area contributed by atoms with E-state index in [0.29, 0.717) is 22.6 Å². The van der Waals surface area contributed by atoms with Gasteiger partial charge < -0.3 is 15.2 Å². The molecule has 2 N–H and O–H groups in total. The molecule has 3 rings (SSSR count). The summed E-state index contributed by atoms with van der Waals surface area (Å²) in [4.78, 5) is 24.2. The lowest BCUT2D eigenvalue weighted by atomic mass is 9.94. The van der Waals surface area contributed by atoms with Crippen LogP contribution in [0.4, 0.5) is 13.2 Å². The lowest BCUT2D eigenvalue weighted by molar-refractivity contribution is -0.138. The maximum Gasteiger partial charge on any atom is 0.416 e. The van der Waals surface area contributed by atoms with Crippen LogP contribution in [0.1, 0.15) is 57.1 Å². The number of hydrogen-bond acceptors (Lipinski definition) is 4. The summed E-state index contributed by atoms with van der Waals surface area (Å²) in [6, 6.07) is 12.3. The molecule has 0 saturated heterocycles. The smallest absolute Gasteiger partial charge is 0.416 e. The Morgan fingerprint density at radius 1 is 1.06 bits per heavy atom. The van der Waals surface area contributed by atoms with Crippen LogP contribution in [0.5, 0.6) is 5.75 Å². The molecule has 5 nitrogen and oxygen atoms in total. The Bertz CT molecular complexity index is 1180. The second kappa shape index (κ2) is 10.9. The van der Waals surface area contributed by atoms with Gasteiger partial charge in [-0.25, -0.2) is 0 Å². The Hall–Kier alpha value is -3.33. The van der Waals surface area contributed by atoms with E-state index in [1.165, 1.54) is 23.5 Å². The number of carboxylic acid groups (broad SMARTS) is 1. The molecule has 35 heavy (non-hydrogen) atoms. The van der Waals surface area contributed by atoms with Gasteiger partial charge in [-0.05, 0) is 78.9 Å². The number of benzene rings is 2. The Labute approximate surface area is 205 Å². The van der Waals surface area contributed by atoms with Gasteiger partial charge in [-0.3, -0.25) is 9.59 Å². The van der Waals surface area contributed by atoms with Gasteiger partial charge >= 0.3 is 12.1 Å². The van der Waals surface area contributed by atoms with Crippen molar-refractivity contribution in [3.63, 3.8) is 0 Å². The zero-order valence-electron chi connectivity index (χ0n) is 19.5. The number of carboxylic acids is 1. The molecule has 0 unspecified atom stereocenters. The van der Waals surface area contributed by atoms with Crippen LogP contribution in [0.3, 0.4) is 0 Å². The SMILES string of the molecule is CC[C@H](Oc1cc(C)c(-c2ccc(C(F)(F)F)cc2)c(C)c1)c1ccc(C(=O)NCCC(=O)O)s1. The van der Waals surface area contributed by atoms with Gasteiger partial charge in [0, 0.05) is 11.4 Å². The number of thiophene rings is 1. The molecule has 0 aliphatic rings. The first kappa shape index (κ1) is 26.3. The average molecular weight is 506 g/mol. The predicted molar refractivity (Wildman–Crippen MR) is 129 cm³/mol. The molecule has 186 valence electrons. The second-order valence-electron chi connectivity index (χ2n) is 8.12. The number of carbonyl (C=O) groups excluding carboxylic acids is 1. The predicted octanol–water partition coefficient (Wildman–Crippen LogP) is 6.79. The van der Waals surface area contributed by atoms with Crippen LogP contribution < -0.4 is 10.1 Å². The average Bonchev–Trinajstić information content (AvgIpc) is 3.27. The molecule has 0 aliphatic heterocycles. The molecule has 0 spiro atoms. The van der Waals surface area contributed by atoms with Gasteiger partial charge in [0.1, 0.15) is 11.9 Å². The first-order valence-electron chi connectivity index (χ1n) is 11.0. The van der Waals surface area contributed by atoms with Crippen molar-refractivity contribution in [3.05, 3.63) is 75.0 Å². The van der Waals surface area contributed by atoms with E-state index >= 15 is 0 Å². The van der Waals surface area contributed by atoms with E-state index in [4.69, 9.17) is 9.84 Å². The molecular formula is C26H26F3NO4S. The third kappa shape index (κ3) is 6.63. The van der Waals surface area contributed by atoms with E-state index in [2.05, 4.69) is 5.32 Å². The number of alkyl halides is 3. The second-order valence-corrected chi connectivity index (χ2v) is 9.24. The van der Waals surface area contributed by atoms with Crippen LogP contribution in [0.25, 0.3) is 11.1 Å². The van der Waals surface area contributed by atoms with Crippen molar-refractivity contribution in [2.24, 2.45) is 0 Å². The summed E-state index contributed by atoms with van der Waals surface area (Å²) in [5.41, 5.74) is 2.62. The minimum absolute atomic E-state index is 0.0545. The Morgan fingerprint density at radius 2 is 1.69 bits per heavy atom. The minimum Gasteiger partial charge on any atom is -0.485 e. The monoisotopic (exact) mass is 505 g/mol. The number of aliphatic carboxylic acids is 1. The number of nitrogens with one attached hydrogen (secondary N) is 1. The molecule has 2 aromatic carbocycles. The van der Waals surface area contributed by atoms with Gasteiger partial charge in [-0.15, -0.1) is 11.3 Å². The number of halogens is 3. The highest BCUT2D eigenvalue weighted by Gasteiger charge is 2.30. The molecule has 3 aromatic rings. The Balaban J connectivity index is 1.76. The number of aryl methyl sites for hydroxylation is 2. The fourth-order valence-corrected chi connectivity index (χ4v) is 4.84. The first-order valence-corrected chi connectivity index (χ1v) is 11.9. The van der Waals surface area contributed by atoms with Crippen molar-refractivity contribution in [1.82, 2.24) is 5.32 Å². The lowest BCUT2D eigenvalue weighted by Crippen LogP contribution is -2.25.